The van der Waals surface area contributed by atoms with E-state index in [0.717, 1.165) is 13.0 Å². The lowest BCUT2D eigenvalue weighted by Gasteiger charge is -2.36. The smallest absolute Gasteiger partial charge is 0.281 e. The molecule has 0 saturated carbocycles. The number of ether oxygens (including phenoxy) is 1. The quantitative estimate of drug-likeness (QED) is 0.411. The van der Waals surface area contributed by atoms with Crippen molar-refractivity contribution < 1.29 is 22.6 Å². The van der Waals surface area contributed by atoms with Gasteiger partial charge in [0.1, 0.15) is 22.6 Å². The Hall–Kier alpha value is -4.06. The summed E-state index contributed by atoms with van der Waals surface area (Å²) in [4.78, 5) is 23.7. The fourth-order valence-corrected chi connectivity index (χ4v) is 5.10. The third kappa shape index (κ3) is 4.35. The molecule has 1 fully saturated rings. The van der Waals surface area contributed by atoms with Crippen molar-refractivity contribution in [3.8, 4) is 11.6 Å². The molecular weight excluding hydrogens is 484 g/mol. The second-order valence-corrected chi connectivity index (χ2v) is 10.8. The van der Waals surface area contributed by atoms with Gasteiger partial charge in [0.05, 0.1) is 5.56 Å². The lowest BCUT2D eigenvalue weighted by atomic mass is 9.90. The Kier molecular flexibility index (Phi) is 5.83. The summed E-state index contributed by atoms with van der Waals surface area (Å²) in [6.45, 7) is 7.04. The van der Waals surface area contributed by atoms with Crippen molar-refractivity contribution in [1.29, 1.82) is 0 Å². The van der Waals surface area contributed by atoms with Gasteiger partial charge in [0.25, 0.3) is 15.9 Å². The molecule has 1 unspecified atom stereocenters. The van der Waals surface area contributed by atoms with Gasteiger partial charge in [0, 0.05) is 30.4 Å². The minimum atomic E-state index is -4.30. The summed E-state index contributed by atoms with van der Waals surface area (Å²) in [5.41, 5.74) is 0.966. The Morgan fingerprint density at radius 1 is 1.14 bits per heavy atom. The first-order valence-electron chi connectivity index (χ1n) is 11.3. The van der Waals surface area contributed by atoms with Crippen LogP contribution in [0.3, 0.4) is 0 Å². The number of hydrogen-bond acceptors (Lipinski definition) is 10. The molecule has 0 bridgehead atoms. The van der Waals surface area contributed by atoms with Gasteiger partial charge >= 0.3 is 0 Å². The molecule has 36 heavy (non-hydrogen) atoms. The summed E-state index contributed by atoms with van der Waals surface area (Å²) in [6.07, 6.45) is 2.54. The van der Waals surface area contributed by atoms with E-state index >= 15 is 0 Å². The number of nitrogens with one attached hydrogen (secondary N) is 1. The molecule has 4 heterocycles. The van der Waals surface area contributed by atoms with Crippen LogP contribution in [0.1, 0.15) is 37.6 Å². The monoisotopic (exact) mass is 508 g/mol. The maximum Gasteiger partial charge on any atom is 0.281 e. The lowest BCUT2D eigenvalue weighted by molar-refractivity contribution is 0.0981. The molecule has 1 atom stereocenters. The van der Waals surface area contributed by atoms with Crippen LogP contribution in [0, 0.1) is 5.92 Å². The van der Waals surface area contributed by atoms with Crippen LogP contribution in [0.5, 0.6) is 11.6 Å². The topological polar surface area (TPSA) is 140 Å². The van der Waals surface area contributed by atoms with Crippen molar-refractivity contribution in [2.45, 2.75) is 37.8 Å². The van der Waals surface area contributed by atoms with E-state index in [-0.39, 0.29) is 22.0 Å². The Morgan fingerprint density at radius 2 is 1.94 bits per heavy atom. The predicted octanol–water partition coefficient (Wildman–Crippen LogP) is 3.55. The molecular formula is C24H24N6O5S. The van der Waals surface area contributed by atoms with E-state index in [0.29, 0.717) is 28.5 Å². The molecule has 3 aromatic heterocycles. The van der Waals surface area contributed by atoms with Gasteiger partial charge in [0.2, 0.25) is 5.88 Å². The predicted molar refractivity (Wildman–Crippen MR) is 130 cm³/mol. The van der Waals surface area contributed by atoms with E-state index in [4.69, 9.17) is 4.74 Å². The van der Waals surface area contributed by atoms with Crippen LogP contribution in [0.25, 0.3) is 11.0 Å². The number of hydrogen-bond donors (Lipinski definition) is 1. The first-order valence-corrected chi connectivity index (χ1v) is 12.8. The minimum Gasteiger partial charge on any atom is -0.439 e. The van der Waals surface area contributed by atoms with Gasteiger partial charge in [-0.05, 0) is 66.8 Å². The maximum atomic E-state index is 13.1. The summed E-state index contributed by atoms with van der Waals surface area (Å²) in [5.74, 6) is 0.433. The van der Waals surface area contributed by atoms with Crippen molar-refractivity contribution >= 4 is 32.8 Å². The standard InChI is InChI=1S/C24H24N6O5S/c1-15-11-13-30(24(15,2)3)22-17(6-5-12-25-22)23(31)29-36(32,33)21-8-4-7-20(26-21)34-16-9-10-18-19(14-16)28-35-27-18/h4-10,12,14-15H,11,13H2,1-3H3,(H,29,31). The summed E-state index contributed by atoms with van der Waals surface area (Å²) < 4.78 is 38.6. The van der Waals surface area contributed by atoms with Gasteiger partial charge in [0.15, 0.2) is 5.03 Å². The van der Waals surface area contributed by atoms with Crippen LogP contribution < -0.4 is 14.4 Å². The number of rotatable bonds is 6. The number of pyridine rings is 2. The zero-order valence-electron chi connectivity index (χ0n) is 19.9. The van der Waals surface area contributed by atoms with E-state index < -0.39 is 15.9 Å². The Labute approximate surface area is 207 Å². The fourth-order valence-electron chi connectivity index (χ4n) is 4.18. The molecule has 0 radical (unpaired) electrons. The molecule has 0 spiro atoms. The molecule has 5 rings (SSSR count). The van der Waals surface area contributed by atoms with Gasteiger partial charge < -0.3 is 9.64 Å². The number of fused-ring (bicyclic) bond motifs is 1. The van der Waals surface area contributed by atoms with Gasteiger partial charge in [-0.1, -0.05) is 13.0 Å². The highest BCUT2D eigenvalue weighted by atomic mass is 32.2. The van der Waals surface area contributed by atoms with E-state index in [1.807, 2.05) is 4.90 Å². The molecule has 12 heteroatoms. The van der Waals surface area contributed by atoms with Crippen LogP contribution in [-0.4, -0.2) is 46.7 Å². The fraction of sp³-hybridized carbons (Fsp3) is 0.292. The molecule has 1 amide bonds. The van der Waals surface area contributed by atoms with E-state index in [9.17, 15) is 13.2 Å². The number of amides is 1. The molecule has 1 N–H and O–H groups in total. The number of aromatic nitrogens is 4. The third-order valence-corrected chi connectivity index (χ3v) is 7.85. The van der Waals surface area contributed by atoms with E-state index in [1.54, 1.807) is 36.5 Å². The lowest BCUT2D eigenvalue weighted by Crippen LogP contribution is -2.43. The summed E-state index contributed by atoms with van der Waals surface area (Å²) in [7, 11) is -4.30. The number of carbonyl (C=O) groups excluding carboxylic acids is 1. The summed E-state index contributed by atoms with van der Waals surface area (Å²) in [5, 5.41) is 7.11. The summed E-state index contributed by atoms with van der Waals surface area (Å²) >= 11 is 0. The van der Waals surface area contributed by atoms with Crippen LogP contribution >= 0.6 is 0 Å². The van der Waals surface area contributed by atoms with Crippen LogP contribution in [-0.2, 0) is 10.0 Å². The Morgan fingerprint density at radius 3 is 2.72 bits per heavy atom. The SMILES string of the molecule is CC1CCN(c2ncccc2C(=O)NS(=O)(=O)c2cccc(Oc3ccc4nonc4c3)n2)C1(C)C. The Balaban J connectivity index is 1.38. The van der Waals surface area contributed by atoms with E-state index in [2.05, 4.69) is 50.4 Å². The van der Waals surface area contributed by atoms with Gasteiger partial charge in [-0.25, -0.2) is 14.3 Å². The number of anilines is 1. The molecule has 4 aromatic rings. The van der Waals surface area contributed by atoms with Crippen molar-refractivity contribution in [2.75, 3.05) is 11.4 Å². The number of carbonyl (C=O) groups is 1. The zero-order valence-corrected chi connectivity index (χ0v) is 20.7. The molecule has 1 saturated heterocycles. The average molecular weight is 509 g/mol. The van der Waals surface area contributed by atoms with Crippen LogP contribution in [0.2, 0.25) is 0 Å². The molecule has 11 nitrogen and oxygen atoms in total. The highest BCUT2D eigenvalue weighted by molar-refractivity contribution is 7.90. The molecule has 1 aliphatic heterocycles. The normalized spacial score (nSPS) is 17.3. The molecule has 186 valence electrons. The highest BCUT2D eigenvalue weighted by Crippen LogP contribution is 2.38. The minimum absolute atomic E-state index is 0.0241. The van der Waals surface area contributed by atoms with Crippen molar-refractivity contribution in [1.82, 2.24) is 25.0 Å². The second-order valence-electron chi connectivity index (χ2n) is 9.14. The van der Waals surface area contributed by atoms with Gasteiger partial charge in [-0.15, -0.1) is 0 Å². The molecule has 0 aliphatic carbocycles. The first-order chi connectivity index (χ1) is 17.1. The molecule has 1 aliphatic rings. The van der Waals surface area contributed by atoms with Crippen molar-refractivity contribution in [2.24, 2.45) is 5.92 Å². The number of nitrogens with zero attached hydrogens (tertiary/aromatic N) is 5. The highest BCUT2D eigenvalue weighted by Gasteiger charge is 2.40. The van der Waals surface area contributed by atoms with E-state index in [1.165, 1.54) is 18.2 Å². The number of benzene rings is 1. The summed E-state index contributed by atoms with van der Waals surface area (Å²) in [6, 6.07) is 12.3. The average Bonchev–Trinajstić information content (AvgIpc) is 3.42. The van der Waals surface area contributed by atoms with Crippen LogP contribution in [0.15, 0.2) is 64.4 Å². The maximum absolute atomic E-state index is 13.1. The van der Waals surface area contributed by atoms with Gasteiger partial charge in [-0.2, -0.15) is 13.4 Å². The van der Waals surface area contributed by atoms with Crippen LogP contribution in [0.4, 0.5) is 5.82 Å². The first kappa shape index (κ1) is 23.7. The zero-order chi connectivity index (χ0) is 25.5. The number of sulfonamides is 1. The van der Waals surface area contributed by atoms with Crippen molar-refractivity contribution in [3.05, 3.63) is 60.3 Å². The Bertz CT molecular complexity index is 1550. The third-order valence-electron chi connectivity index (χ3n) is 6.62. The molecule has 1 aromatic carbocycles. The second kappa shape index (κ2) is 8.86. The van der Waals surface area contributed by atoms with Crippen molar-refractivity contribution in [3.63, 3.8) is 0 Å². The largest absolute Gasteiger partial charge is 0.439 e. The van der Waals surface area contributed by atoms with Gasteiger partial charge in [-0.3, -0.25) is 4.79 Å².